The van der Waals surface area contributed by atoms with E-state index in [9.17, 15) is 9.90 Å². The molecule has 1 amide bonds. The number of carbonyl (C=O) groups is 1. The Bertz CT molecular complexity index is 545. The van der Waals surface area contributed by atoms with E-state index in [2.05, 4.69) is 5.32 Å². The van der Waals surface area contributed by atoms with Gasteiger partial charge >= 0.3 is 0 Å². The van der Waals surface area contributed by atoms with Gasteiger partial charge in [-0.2, -0.15) is 0 Å². The quantitative estimate of drug-likeness (QED) is 0.882. The molecule has 19 heavy (non-hydrogen) atoms. The molecule has 1 aliphatic carbocycles. The fourth-order valence-corrected chi connectivity index (χ4v) is 2.87. The van der Waals surface area contributed by atoms with Crippen LogP contribution in [0.4, 0.5) is 0 Å². The first kappa shape index (κ1) is 12.4. The van der Waals surface area contributed by atoms with Crippen LogP contribution in [0, 0.1) is 5.92 Å². The Morgan fingerprint density at radius 2 is 2.32 bits per heavy atom. The van der Waals surface area contributed by atoms with Gasteiger partial charge in [-0.3, -0.25) is 4.79 Å². The second-order valence-corrected chi connectivity index (χ2v) is 5.78. The second-order valence-electron chi connectivity index (χ2n) is 4.84. The zero-order chi connectivity index (χ0) is 13.3. The van der Waals surface area contributed by atoms with Gasteiger partial charge in [0.1, 0.15) is 11.4 Å². The maximum absolute atomic E-state index is 11.9. The van der Waals surface area contributed by atoms with Gasteiger partial charge in [0.25, 0.3) is 5.91 Å². The van der Waals surface area contributed by atoms with Crippen molar-refractivity contribution in [2.24, 2.45) is 5.92 Å². The topological polar surface area (TPSA) is 62.5 Å². The van der Waals surface area contributed by atoms with E-state index in [1.54, 1.807) is 24.5 Å². The standard InChI is InChI=1S/C14H15NO3S/c16-13(11-3-2-8-19-11)15-9-14(17,10-5-6-10)12-4-1-7-18-12/h1-4,7-8,10,17H,5-6,9H2,(H,15,16)/t14-/m1/s1. The molecule has 0 saturated heterocycles. The van der Waals surface area contributed by atoms with Gasteiger partial charge in [-0.25, -0.2) is 0 Å². The van der Waals surface area contributed by atoms with E-state index in [0.29, 0.717) is 10.6 Å². The van der Waals surface area contributed by atoms with Crippen molar-refractivity contribution < 1.29 is 14.3 Å². The molecule has 2 aromatic heterocycles. The van der Waals surface area contributed by atoms with Crippen molar-refractivity contribution in [1.82, 2.24) is 5.32 Å². The van der Waals surface area contributed by atoms with Gasteiger partial charge in [-0.1, -0.05) is 6.07 Å². The molecule has 0 aromatic carbocycles. The fraction of sp³-hybridized carbons (Fsp3) is 0.357. The molecule has 4 nitrogen and oxygen atoms in total. The Hall–Kier alpha value is -1.59. The minimum atomic E-state index is -1.09. The van der Waals surface area contributed by atoms with Crippen LogP contribution in [0.5, 0.6) is 0 Å². The van der Waals surface area contributed by atoms with Gasteiger partial charge in [0.15, 0.2) is 0 Å². The number of hydrogen-bond acceptors (Lipinski definition) is 4. The maximum atomic E-state index is 11.9. The summed E-state index contributed by atoms with van der Waals surface area (Å²) in [5.41, 5.74) is -1.09. The number of carbonyl (C=O) groups excluding carboxylic acids is 1. The number of aliphatic hydroxyl groups is 1. The van der Waals surface area contributed by atoms with Crippen molar-refractivity contribution in [1.29, 1.82) is 0 Å². The van der Waals surface area contributed by atoms with Crippen molar-refractivity contribution >= 4 is 17.2 Å². The SMILES string of the molecule is O=C(NC[C@](O)(c1ccco1)C1CC1)c1cccs1. The summed E-state index contributed by atoms with van der Waals surface area (Å²) in [5, 5.41) is 15.4. The van der Waals surface area contributed by atoms with Crippen molar-refractivity contribution in [3.63, 3.8) is 0 Å². The second kappa shape index (κ2) is 4.83. The molecule has 0 unspecified atom stereocenters. The lowest BCUT2D eigenvalue weighted by atomic mass is 9.94. The molecule has 0 aliphatic heterocycles. The van der Waals surface area contributed by atoms with Crippen LogP contribution in [0.15, 0.2) is 40.3 Å². The molecule has 100 valence electrons. The minimum Gasteiger partial charge on any atom is -0.466 e. The highest BCUT2D eigenvalue weighted by Gasteiger charge is 2.47. The largest absolute Gasteiger partial charge is 0.466 e. The summed E-state index contributed by atoms with van der Waals surface area (Å²) in [4.78, 5) is 12.6. The number of hydrogen-bond donors (Lipinski definition) is 2. The maximum Gasteiger partial charge on any atom is 0.261 e. The third-order valence-electron chi connectivity index (χ3n) is 3.46. The minimum absolute atomic E-state index is 0.152. The van der Waals surface area contributed by atoms with Crippen molar-refractivity contribution in [3.05, 3.63) is 46.5 Å². The van der Waals surface area contributed by atoms with Crippen LogP contribution in [-0.4, -0.2) is 17.6 Å². The lowest BCUT2D eigenvalue weighted by Gasteiger charge is -2.26. The summed E-state index contributed by atoms with van der Waals surface area (Å²) in [6, 6.07) is 7.11. The van der Waals surface area contributed by atoms with E-state index in [4.69, 9.17) is 4.42 Å². The normalized spacial score (nSPS) is 17.9. The average molecular weight is 277 g/mol. The smallest absolute Gasteiger partial charge is 0.261 e. The van der Waals surface area contributed by atoms with Crippen LogP contribution in [0.1, 0.15) is 28.3 Å². The third-order valence-corrected chi connectivity index (χ3v) is 4.33. The third kappa shape index (κ3) is 2.43. The number of rotatable bonds is 5. The monoisotopic (exact) mass is 277 g/mol. The van der Waals surface area contributed by atoms with Gasteiger partial charge < -0.3 is 14.8 Å². The predicted molar refractivity (Wildman–Crippen MR) is 72.0 cm³/mol. The van der Waals surface area contributed by atoms with Crippen molar-refractivity contribution in [2.75, 3.05) is 6.54 Å². The molecule has 1 saturated carbocycles. The van der Waals surface area contributed by atoms with Crippen LogP contribution < -0.4 is 5.32 Å². The number of nitrogens with one attached hydrogen (secondary N) is 1. The van der Waals surface area contributed by atoms with E-state index in [-0.39, 0.29) is 18.4 Å². The molecule has 2 heterocycles. The summed E-state index contributed by atoms with van der Waals surface area (Å²) in [6.45, 7) is 0.182. The molecule has 5 heteroatoms. The van der Waals surface area contributed by atoms with Gasteiger partial charge in [0.2, 0.25) is 0 Å². The Morgan fingerprint density at radius 3 is 2.89 bits per heavy atom. The zero-order valence-corrected chi connectivity index (χ0v) is 11.2. The van der Waals surface area contributed by atoms with Crippen LogP contribution in [0.25, 0.3) is 0 Å². The highest BCUT2D eigenvalue weighted by atomic mass is 32.1. The summed E-state index contributed by atoms with van der Waals surface area (Å²) in [7, 11) is 0. The van der Waals surface area contributed by atoms with Gasteiger partial charge in [0.05, 0.1) is 17.7 Å². The first-order valence-electron chi connectivity index (χ1n) is 6.28. The number of amides is 1. The first-order valence-corrected chi connectivity index (χ1v) is 7.16. The highest BCUT2D eigenvalue weighted by Crippen LogP contribution is 2.45. The van der Waals surface area contributed by atoms with Crippen LogP contribution in [0.3, 0.4) is 0 Å². The number of furan rings is 1. The Balaban J connectivity index is 1.71. The van der Waals surface area contributed by atoms with Crippen LogP contribution in [-0.2, 0) is 5.60 Å². The summed E-state index contributed by atoms with van der Waals surface area (Å²) >= 11 is 1.39. The molecule has 0 bridgehead atoms. The predicted octanol–water partition coefficient (Wildman–Crippen LogP) is 2.37. The Kier molecular flexibility index (Phi) is 3.16. The highest BCUT2D eigenvalue weighted by molar-refractivity contribution is 7.12. The molecule has 2 aromatic rings. The molecule has 0 spiro atoms. The summed E-state index contributed by atoms with van der Waals surface area (Å²) < 4.78 is 5.32. The van der Waals surface area contributed by atoms with Crippen LogP contribution in [0.2, 0.25) is 0 Å². The zero-order valence-electron chi connectivity index (χ0n) is 10.3. The van der Waals surface area contributed by atoms with Crippen molar-refractivity contribution in [2.45, 2.75) is 18.4 Å². The van der Waals surface area contributed by atoms with E-state index in [1.807, 2.05) is 11.4 Å². The lowest BCUT2D eigenvalue weighted by molar-refractivity contribution is -0.00607. The summed E-state index contributed by atoms with van der Waals surface area (Å²) in [6.07, 6.45) is 3.47. The van der Waals surface area contributed by atoms with Crippen molar-refractivity contribution in [3.8, 4) is 0 Å². The number of thiophene rings is 1. The van der Waals surface area contributed by atoms with Gasteiger partial charge in [-0.05, 0) is 42.3 Å². The molecular weight excluding hydrogens is 262 g/mol. The molecular formula is C14H15NO3S. The molecule has 1 aliphatic rings. The van der Waals surface area contributed by atoms with E-state index in [0.717, 1.165) is 12.8 Å². The average Bonchev–Trinajstić information content (AvgIpc) is 2.95. The van der Waals surface area contributed by atoms with Gasteiger partial charge in [0, 0.05) is 0 Å². The molecule has 1 fully saturated rings. The summed E-state index contributed by atoms with van der Waals surface area (Å²) in [5.74, 6) is 0.546. The van der Waals surface area contributed by atoms with Gasteiger partial charge in [-0.15, -0.1) is 11.3 Å². The Morgan fingerprint density at radius 1 is 1.47 bits per heavy atom. The molecule has 0 radical (unpaired) electrons. The van der Waals surface area contributed by atoms with Crippen LogP contribution >= 0.6 is 11.3 Å². The lowest BCUT2D eigenvalue weighted by Crippen LogP contribution is -2.42. The first-order chi connectivity index (χ1) is 9.20. The fourth-order valence-electron chi connectivity index (χ4n) is 2.23. The Labute approximate surface area is 115 Å². The van der Waals surface area contributed by atoms with E-state index < -0.39 is 5.60 Å². The molecule has 1 atom stereocenters. The van der Waals surface area contributed by atoms with E-state index in [1.165, 1.54) is 11.3 Å². The molecule has 3 rings (SSSR count). The van der Waals surface area contributed by atoms with E-state index >= 15 is 0 Å². The molecule has 2 N–H and O–H groups in total.